The van der Waals surface area contributed by atoms with E-state index in [1.807, 2.05) is 13.0 Å². The first-order chi connectivity index (χ1) is 18.3. The van der Waals surface area contributed by atoms with E-state index in [1.165, 1.54) is 22.3 Å². The molecule has 40 heavy (non-hydrogen) atoms. The summed E-state index contributed by atoms with van der Waals surface area (Å²) in [6, 6.07) is 15.3. The van der Waals surface area contributed by atoms with Crippen LogP contribution in [0.4, 0.5) is 0 Å². The minimum absolute atomic E-state index is 0.0929. The topological polar surface area (TPSA) is 55.8 Å². The van der Waals surface area contributed by atoms with E-state index in [-0.39, 0.29) is 10.1 Å². The van der Waals surface area contributed by atoms with Gasteiger partial charge in [-0.25, -0.2) is 4.79 Å². The van der Waals surface area contributed by atoms with Crippen molar-refractivity contribution in [2.24, 2.45) is 0 Å². The van der Waals surface area contributed by atoms with E-state index in [4.69, 9.17) is 14.0 Å². The van der Waals surface area contributed by atoms with Crippen molar-refractivity contribution in [3.63, 3.8) is 0 Å². The number of carbonyl (C=O) groups is 1. The molecule has 0 spiro atoms. The molecule has 0 aliphatic rings. The molecule has 0 atom stereocenters. The summed E-state index contributed by atoms with van der Waals surface area (Å²) in [7, 11) is 0.764. The molecule has 0 aliphatic carbocycles. The van der Waals surface area contributed by atoms with Gasteiger partial charge in [0.15, 0.2) is 0 Å². The van der Waals surface area contributed by atoms with Gasteiger partial charge in [0.05, 0.1) is 11.2 Å². The van der Waals surface area contributed by atoms with Crippen molar-refractivity contribution in [3.8, 4) is 0 Å². The molecular weight excluding hydrogens is 529 g/mol. The Kier molecular flexibility index (Phi) is 11.5. The van der Waals surface area contributed by atoms with E-state index in [9.17, 15) is 4.79 Å². The van der Waals surface area contributed by atoms with E-state index in [1.54, 1.807) is 6.08 Å². The Bertz CT molecular complexity index is 1210. The summed E-state index contributed by atoms with van der Waals surface area (Å²) in [5.74, 6) is -0.944. The van der Waals surface area contributed by atoms with Gasteiger partial charge >= 0.3 is 5.97 Å². The minimum atomic E-state index is -0.944. The van der Waals surface area contributed by atoms with Gasteiger partial charge < -0.3 is 14.0 Å². The predicted octanol–water partition coefficient (Wildman–Crippen LogP) is 8.69. The molecule has 2 rings (SSSR count). The lowest BCUT2D eigenvalue weighted by Crippen LogP contribution is -2.34. The second-order valence-electron chi connectivity index (χ2n) is 13.6. The third-order valence-electron chi connectivity index (χ3n) is 6.28. The van der Waals surface area contributed by atoms with Crippen molar-refractivity contribution in [3.05, 3.63) is 88.5 Å². The highest BCUT2D eigenvalue weighted by Crippen LogP contribution is 2.39. The molecule has 4 radical (unpaired) electrons. The van der Waals surface area contributed by atoms with Crippen molar-refractivity contribution in [2.75, 3.05) is 0 Å². The molecule has 0 fully saturated rings. The Hall–Kier alpha value is -2.26. The lowest BCUT2D eigenvalue weighted by Gasteiger charge is -2.37. The van der Waals surface area contributed by atoms with Gasteiger partial charge in [-0.3, -0.25) is 0 Å². The van der Waals surface area contributed by atoms with Crippen LogP contribution in [0.25, 0.3) is 5.57 Å². The summed E-state index contributed by atoms with van der Waals surface area (Å²) >= 11 is 0. The highest BCUT2D eigenvalue weighted by molar-refractivity contribution is 6.32. The van der Waals surface area contributed by atoms with Gasteiger partial charge in [-0.05, 0) is 90.9 Å². The quantitative estimate of drug-likeness (QED) is 0.156. The molecule has 0 saturated carbocycles. The Morgan fingerprint density at radius 3 is 1.82 bits per heavy atom. The summed E-state index contributed by atoms with van der Waals surface area (Å²) in [5, 5.41) is 9.04. The van der Waals surface area contributed by atoms with Crippen molar-refractivity contribution < 1.29 is 18.8 Å². The van der Waals surface area contributed by atoms with Crippen LogP contribution in [0.1, 0.15) is 104 Å². The third kappa shape index (κ3) is 11.3. The molecule has 2 aromatic carbocycles. The lowest BCUT2D eigenvalue weighted by molar-refractivity contribution is -0.131. The zero-order chi connectivity index (χ0) is 30.4. The maximum Gasteiger partial charge on any atom is 0.328 e. The average molecular weight is 577 g/mol. The van der Waals surface area contributed by atoms with E-state index < -0.39 is 17.2 Å². The first-order valence-electron chi connectivity index (χ1n) is 14.0. The number of hydrogen-bond donors (Lipinski definition) is 1. The summed E-state index contributed by atoms with van der Waals surface area (Å²) in [4.78, 5) is 10.8. The number of rotatable bonds is 12. The number of carboxylic acid groups (broad SMARTS) is 1. The molecule has 0 unspecified atom stereocenters. The van der Waals surface area contributed by atoms with Crippen LogP contribution < -0.4 is 0 Å². The van der Waals surface area contributed by atoms with E-state index in [2.05, 4.69) is 112 Å². The Balaban J connectivity index is 2.37. The zero-order valence-electron chi connectivity index (χ0n) is 26.4. The van der Waals surface area contributed by atoms with Crippen LogP contribution in [0.15, 0.2) is 60.7 Å². The molecule has 6 heteroatoms. The summed E-state index contributed by atoms with van der Waals surface area (Å²) < 4.78 is 13.1. The molecule has 0 bridgehead atoms. The van der Waals surface area contributed by atoms with Gasteiger partial charge in [0, 0.05) is 6.08 Å². The fourth-order valence-electron chi connectivity index (χ4n) is 4.07. The Morgan fingerprint density at radius 1 is 0.775 bits per heavy atom. The van der Waals surface area contributed by atoms with Gasteiger partial charge in [0.25, 0.3) is 0 Å². The SMILES string of the molecule is CC(=CC=CC(=O)O)c1cccc(CCc2ccc(C(C)(C)O[Si]C(C)(C)C)c(C(C)(C)O[Si]C(C)(C)C)c2)c1. The van der Waals surface area contributed by atoms with Gasteiger partial charge in [0.2, 0.25) is 19.5 Å². The molecule has 0 amide bonds. The van der Waals surface area contributed by atoms with Gasteiger partial charge in [0.1, 0.15) is 0 Å². The number of aryl methyl sites for hydroxylation is 2. The maximum atomic E-state index is 10.8. The third-order valence-corrected chi connectivity index (χ3v) is 8.73. The average Bonchev–Trinajstić information content (AvgIpc) is 2.84. The molecule has 0 heterocycles. The van der Waals surface area contributed by atoms with Crippen molar-refractivity contribution >= 4 is 31.1 Å². The second kappa shape index (κ2) is 13.6. The number of aliphatic carboxylic acids is 1. The van der Waals surface area contributed by atoms with Crippen molar-refractivity contribution in [1.82, 2.24) is 0 Å². The van der Waals surface area contributed by atoms with Crippen LogP contribution in [0.5, 0.6) is 0 Å². The highest BCUT2D eigenvalue weighted by atomic mass is 28.2. The van der Waals surface area contributed by atoms with Crippen LogP contribution in [0.3, 0.4) is 0 Å². The number of hydrogen-bond acceptors (Lipinski definition) is 3. The molecule has 4 nitrogen and oxygen atoms in total. The lowest BCUT2D eigenvalue weighted by atomic mass is 9.84. The first kappa shape index (κ1) is 33.9. The molecular formula is C34H48O4Si2. The molecule has 216 valence electrons. The van der Waals surface area contributed by atoms with Crippen LogP contribution in [0, 0.1) is 0 Å². The van der Waals surface area contributed by atoms with Crippen LogP contribution in [-0.2, 0) is 37.7 Å². The normalized spacial score (nSPS) is 13.7. The molecule has 1 N–H and O–H groups in total. The zero-order valence-corrected chi connectivity index (χ0v) is 28.4. The molecule has 0 aromatic heterocycles. The first-order valence-corrected chi connectivity index (χ1v) is 15.8. The minimum Gasteiger partial charge on any atom is -0.478 e. The largest absolute Gasteiger partial charge is 0.478 e. The Morgan fingerprint density at radius 2 is 1.30 bits per heavy atom. The van der Waals surface area contributed by atoms with Gasteiger partial charge in [-0.1, -0.05) is 96.2 Å². The molecule has 0 saturated heterocycles. The fraction of sp³-hybridized carbons (Fsp3) is 0.500. The number of benzene rings is 2. The fourth-order valence-corrected chi connectivity index (χ4v) is 5.42. The molecule has 2 aromatic rings. The smallest absolute Gasteiger partial charge is 0.328 e. The second-order valence-corrected chi connectivity index (χ2v) is 17.4. The summed E-state index contributed by atoms with van der Waals surface area (Å²) in [6.45, 7) is 23.9. The van der Waals surface area contributed by atoms with E-state index in [0.717, 1.165) is 30.1 Å². The van der Waals surface area contributed by atoms with E-state index in [0.29, 0.717) is 19.5 Å². The van der Waals surface area contributed by atoms with Gasteiger partial charge in [-0.2, -0.15) is 0 Å². The van der Waals surface area contributed by atoms with Crippen molar-refractivity contribution in [2.45, 2.75) is 110 Å². The number of carboxylic acids is 1. The summed E-state index contributed by atoms with van der Waals surface area (Å²) in [5.41, 5.74) is 6.09. The Labute approximate surface area is 248 Å². The highest BCUT2D eigenvalue weighted by Gasteiger charge is 2.34. The molecule has 0 aliphatic heterocycles. The monoisotopic (exact) mass is 576 g/mol. The maximum absolute atomic E-state index is 10.8. The van der Waals surface area contributed by atoms with Crippen molar-refractivity contribution in [1.29, 1.82) is 0 Å². The van der Waals surface area contributed by atoms with Gasteiger partial charge in [-0.15, -0.1) is 0 Å². The van der Waals surface area contributed by atoms with E-state index >= 15 is 0 Å². The van der Waals surface area contributed by atoms with Crippen LogP contribution in [0.2, 0.25) is 10.1 Å². The predicted molar refractivity (Wildman–Crippen MR) is 170 cm³/mol. The summed E-state index contributed by atoms with van der Waals surface area (Å²) in [6.07, 6.45) is 6.37. The van der Waals surface area contributed by atoms with Crippen LogP contribution in [-0.4, -0.2) is 30.6 Å². The number of allylic oxidation sites excluding steroid dienone is 3. The standard InChI is InChI=1S/C34H48O4Si2/c1-24(14-12-17-30(35)36)27-16-13-15-25(22-27)18-19-26-20-21-28(33(8,9)37-39-31(2,3)4)29(23-26)34(10,11)38-40-32(5,6)7/h12-17,20-23H,18-19H2,1-11H3,(H,35,36). The van der Waals surface area contributed by atoms with Crippen LogP contribution >= 0.6 is 0 Å².